The molecule has 2 rings (SSSR count). The van der Waals surface area contributed by atoms with E-state index in [2.05, 4.69) is 32.2 Å². The van der Waals surface area contributed by atoms with Gasteiger partial charge in [-0.15, -0.1) is 0 Å². The lowest BCUT2D eigenvalue weighted by Crippen LogP contribution is -2.38. The summed E-state index contributed by atoms with van der Waals surface area (Å²) in [6.07, 6.45) is 0.899. The maximum Gasteiger partial charge on any atom is 0.224 e. The number of anilines is 1. The predicted octanol–water partition coefficient (Wildman–Crippen LogP) is 2.43. The summed E-state index contributed by atoms with van der Waals surface area (Å²) in [4.78, 5) is 13.9. The third-order valence-corrected chi connectivity index (χ3v) is 6.29. The number of para-hydroxylation sites is 1. The van der Waals surface area contributed by atoms with Crippen molar-refractivity contribution in [1.82, 2.24) is 4.90 Å². The van der Waals surface area contributed by atoms with Gasteiger partial charge in [-0.3, -0.25) is 4.79 Å². The van der Waals surface area contributed by atoms with Crippen molar-refractivity contribution in [2.24, 2.45) is 0 Å². The number of hydrogen-bond donors (Lipinski definition) is 1. The first-order chi connectivity index (χ1) is 11.1. The summed E-state index contributed by atoms with van der Waals surface area (Å²) in [5, 5.41) is 3.35. The first kappa shape index (κ1) is 18.8. The molecular formula is C18H28N2O3S. The number of hydrogen-bond acceptors (Lipinski definition) is 4. The lowest BCUT2D eigenvalue weighted by Gasteiger charge is -2.25. The molecule has 24 heavy (non-hydrogen) atoms. The molecule has 0 aliphatic carbocycles. The molecule has 1 heterocycles. The van der Waals surface area contributed by atoms with Crippen molar-refractivity contribution in [2.75, 3.05) is 30.4 Å². The van der Waals surface area contributed by atoms with Crippen LogP contribution in [-0.2, 0) is 20.0 Å². The smallest absolute Gasteiger partial charge is 0.224 e. The number of nitrogens with zero attached hydrogens (tertiary/aromatic N) is 1. The van der Waals surface area contributed by atoms with Gasteiger partial charge in [-0.2, -0.15) is 0 Å². The van der Waals surface area contributed by atoms with E-state index in [1.165, 1.54) is 5.56 Å². The molecule has 1 aromatic carbocycles. The Kier molecular flexibility index (Phi) is 5.58. The number of sulfone groups is 1. The number of carbonyl (C=O) groups excluding carboxylic acids is 1. The number of carbonyl (C=O) groups is 1. The molecule has 0 spiro atoms. The Balaban J connectivity index is 1.90. The van der Waals surface area contributed by atoms with Gasteiger partial charge in [0, 0.05) is 31.7 Å². The largest absolute Gasteiger partial charge is 0.384 e. The third-order valence-electron chi connectivity index (χ3n) is 4.54. The minimum atomic E-state index is -2.97. The first-order valence-corrected chi connectivity index (χ1v) is 10.2. The molecule has 5 nitrogen and oxygen atoms in total. The molecule has 1 aromatic rings. The lowest BCUT2D eigenvalue weighted by atomic mass is 9.86. The van der Waals surface area contributed by atoms with Crippen LogP contribution in [0, 0.1) is 0 Å². The topological polar surface area (TPSA) is 66.5 Å². The Labute approximate surface area is 145 Å². The summed E-state index contributed by atoms with van der Waals surface area (Å²) in [7, 11) is -1.26. The van der Waals surface area contributed by atoms with Crippen molar-refractivity contribution in [1.29, 1.82) is 0 Å². The third kappa shape index (κ3) is 4.72. The zero-order valence-electron chi connectivity index (χ0n) is 15.0. The summed E-state index contributed by atoms with van der Waals surface area (Å²) in [6.45, 7) is 7.02. The van der Waals surface area contributed by atoms with Crippen LogP contribution in [0.15, 0.2) is 24.3 Å². The summed E-state index contributed by atoms with van der Waals surface area (Å²) in [5.74, 6) is 0.264. The SMILES string of the molecule is CN(C(=O)CCNc1ccccc1C(C)(C)C)C1CCS(=O)(=O)C1. The van der Waals surface area contributed by atoms with E-state index in [1.54, 1.807) is 11.9 Å². The molecule has 1 aliphatic rings. The second kappa shape index (κ2) is 7.13. The molecule has 134 valence electrons. The molecule has 1 saturated heterocycles. The van der Waals surface area contributed by atoms with Crippen LogP contribution < -0.4 is 5.32 Å². The Morgan fingerprint density at radius 2 is 1.96 bits per heavy atom. The van der Waals surface area contributed by atoms with Crippen LogP contribution in [0.3, 0.4) is 0 Å². The maximum absolute atomic E-state index is 12.3. The molecule has 0 radical (unpaired) electrons. The van der Waals surface area contributed by atoms with Crippen LogP contribution >= 0.6 is 0 Å². The monoisotopic (exact) mass is 352 g/mol. The fourth-order valence-electron chi connectivity index (χ4n) is 3.06. The van der Waals surface area contributed by atoms with Crippen LogP contribution in [0.2, 0.25) is 0 Å². The van der Waals surface area contributed by atoms with E-state index in [1.807, 2.05) is 18.2 Å². The van der Waals surface area contributed by atoms with E-state index in [9.17, 15) is 13.2 Å². The van der Waals surface area contributed by atoms with Crippen molar-refractivity contribution in [2.45, 2.75) is 45.1 Å². The highest BCUT2D eigenvalue weighted by atomic mass is 32.2. The fourth-order valence-corrected chi connectivity index (χ4v) is 4.83. The minimum Gasteiger partial charge on any atom is -0.384 e. The van der Waals surface area contributed by atoms with Crippen molar-refractivity contribution < 1.29 is 13.2 Å². The van der Waals surface area contributed by atoms with Gasteiger partial charge in [0.25, 0.3) is 0 Å². The van der Waals surface area contributed by atoms with Gasteiger partial charge in [0.1, 0.15) is 0 Å². The van der Waals surface area contributed by atoms with Crippen molar-refractivity contribution >= 4 is 21.4 Å². The Morgan fingerprint density at radius 1 is 1.29 bits per heavy atom. The maximum atomic E-state index is 12.3. The van der Waals surface area contributed by atoms with Gasteiger partial charge in [-0.05, 0) is 23.5 Å². The summed E-state index contributed by atoms with van der Waals surface area (Å²) >= 11 is 0. The lowest BCUT2D eigenvalue weighted by molar-refractivity contribution is -0.131. The standard InChI is InChI=1S/C18H28N2O3S/c1-18(2,3)15-7-5-6-8-16(15)19-11-9-17(21)20(4)14-10-12-24(22,23)13-14/h5-8,14,19H,9-13H2,1-4H3. The molecular weight excluding hydrogens is 324 g/mol. The number of rotatable bonds is 5. The van der Waals surface area contributed by atoms with E-state index in [4.69, 9.17) is 0 Å². The van der Waals surface area contributed by atoms with Crippen LogP contribution in [0.5, 0.6) is 0 Å². The molecule has 0 saturated carbocycles. The van der Waals surface area contributed by atoms with Gasteiger partial charge in [-0.25, -0.2) is 8.42 Å². The minimum absolute atomic E-state index is 0.0159. The molecule has 1 amide bonds. The highest BCUT2D eigenvalue weighted by Crippen LogP contribution is 2.29. The van der Waals surface area contributed by atoms with Gasteiger partial charge in [0.15, 0.2) is 9.84 Å². The van der Waals surface area contributed by atoms with E-state index in [0.717, 1.165) is 5.69 Å². The van der Waals surface area contributed by atoms with E-state index in [-0.39, 0.29) is 28.9 Å². The summed E-state index contributed by atoms with van der Waals surface area (Å²) < 4.78 is 23.1. The van der Waals surface area contributed by atoms with Crippen LogP contribution in [-0.4, -0.2) is 50.4 Å². The van der Waals surface area contributed by atoms with Crippen molar-refractivity contribution in [3.05, 3.63) is 29.8 Å². The zero-order valence-corrected chi connectivity index (χ0v) is 15.8. The average Bonchev–Trinajstić information content (AvgIpc) is 2.86. The molecule has 1 aliphatic heterocycles. The van der Waals surface area contributed by atoms with Crippen LogP contribution in [0.25, 0.3) is 0 Å². The first-order valence-electron chi connectivity index (χ1n) is 8.39. The molecule has 6 heteroatoms. The second-order valence-electron chi connectivity index (χ2n) is 7.53. The molecule has 1 atom stereocenters. The molecule has 1 unspecified atom stereocenters. The van der Waals surface area contributed by atoms with Gasteiger partial charge in [0.05, 0.1) is 11.5 Å². The summed E-state index contributed by atoms with van der Waals surface area (Å²) in [5.41, 5.74) is 2.29. The Morgan fingerprint density at radius 3 is 2.54 bits per heavy atom. The Bertz CT molecular complexity index is 692. The van der Waals surface area contributed by atoms with E-state index >= 15 is 0 Å². The molecule has 1 fully saturated rings. The highest BCUT2D eigenvalue weighted by Gasteiger charge is 2.32. The van der Waals surface area contributed by atoms with Crippen LogP contribution in [0.1, 0.15) is 39.2 Å². The predicted molar refractivity (Wildman–Crippen MR) is 98.1 cm³/mol. The second-order valence-corrected chi connectivity index (χ2v) is 9.76. The zero-order chi connectivity index (χ0) is 18.0. The van der Waals surface area contributed by atoms with Gasteiger partial charge in [0.2, 0.25) is 5.91 Å². The fraction of sp³-hybridized carbons (Fsp3) is 0.611. The van der Waals surface area contributed by atoms with Gasteiger partial charge >= 0.3 is 0 Å². The average molecular weight is 353 g/mol. The Hall–Kier alpha value is -1.56. The molecule has 1 N–H and O–H groups in total. The number of benzene rings is 1. The number of nitrogens with one attached hydrogen (secondary N) is 1. The highest BCUT2D eigenvalue weighted by molar-refractivity contribution is 7.91. The van der Waals surface area contributed by atoms with Crippen molar-refractivity contribution in [3.63, 3.8) is 0 Å². The number of amides is 1. The molecule has 0 aromatic heterocycles. The van der Waals surface area contributed by atoms with E-state index < -0.39 is 9.84 Å². The van der Waals surface area contributed by atoms with E-state index in [0.29, 0.717) is 19.4 Å². The summed E-state index contributed by atoms with van der Waals surface area (Å²) in [6, 6.07) is 7.95. The van der Waals surface area contributed by atoms with Crippen LogP contribution in [0.4, 0.5) is 5.69 Å². The van der Waals surface area contributed by atoms with Crippen molar-refractivity contribution in [3.8, 4) is 0 Å². The van der Waals surface area contributed by atoms with Gasteiger partial charge < -0.3 is 10.2 Å². The van der Waals surface area contributed by atoms with Gasteiger partial charge in [-0.1, -0.05) is 39.0 Å². The normalized spacial score (nSPS) is 19.9. The quantitative estimate of drug-likeness (QED) is 0.884. The molecule has 0 bridgehead atoms.